The summed E-state index contributed by atoms with van der Waals surface area (Å²) >= 11 is 0. The molecule has 0 aliphatic carbocycles. The second-order valence-corrected chi connectivity index (χ2v) is 5.81. The smallest absolute Gasteiger partial charge is 0.325 e. The van der Waals surface area contributed by atoms with Gasteiger partial charge in [0.2, 0.25) is 0 Å². The SMILES string of the molecule is CCCCC(CC)COC(=O)Cn1cc2c(c1)OCCCO2. The molecule has 1 aliphatic rings. The number of nitrogens with zero attached hydrogens (tertiary/aromatic N) is 1. The van der Waals surface area contributed by atoms with E-state index < -0.39 is 0 Å². The summed E-state index contributed by atoms with van der Waals surface area (Å²) in [5.41, 5.74) is 0. The molecular formula is C17H27NO4. The molecule has 1 aromatic rings. The van der Waals surface area contributed by atoms with Crippen molar-refractivity contribution >= 4 is 5.97 Å². The van der Waals surface area contributed by atoms with Crippen LogP contribution in [-0.2, 0) is 16.1 Å². The maximum atomic E-state index is 12.0. The first kappa shape index (κ1) is 16.7. The van der Waals surface area contributed by atoms with Crippen molar-refractivity contribution in [2.24, 2.45) is 5.92 Å². The van der Waals surface area contributed by atoms with Gasteiger partial charge < -0.3 is 18.8 Å². The van der Waals surface area contributed by atoms with E-state index in [0.717, 1.165) is 19.3 Å². The number of unbranched alkanes of at least 4 members (excludes halogenated alkanes) is 1. The van der Waals surface area contributed by atoms with Crippen LogP contribution >= 0.6 is 0 Å². The topological polar surface area (TPSA) is 49.7 Å². The summed E-state index contributed by atoms with van der Waals surface area (Å²) in [6.45, 7) is 6.34. The number of carbonyl (C=O) groups is 1. The van der Waals surface area contributed by atoms with Gasteiger partial charge in [0.25, 0.3) is 0 Å². The van der Waals surface area contributed by atoms with Crippen molar-refractivity contribution in [3.05, 3.63) is 12.4 Å². The first-order valence-electron chi connectivity index (χ1n) is 8.34. The molecule has 1 aliphatic heterocycles. The Balaban J connectivity index is 1.79. The average molecular weight is 309 g/mol. The number of hydrogen-bond acceptors (Lipinski definition) is 4. The fourth-order valence-corrected chi connectivity index (χ4v) is 2.50. The number of fused-ring (bicyclic) bond motifs is 1. The normalized spacial score (nSPS) is 15.2. The van der Waals surface area contributed by atoms with Crippen LogP contribution in [0.25, 0.3) is 0 Å². The number of carbonyl (C=O) groups excluding carboxylic acids is 1. The van der Waals surface area contributed by atoms with Gasteiger partial charge in [0, 0.05) is 6.42 Å². The van der Waals surface area contributed by atoms with Crippen molar-refractivity contribution in [3.8, 4) is 11.5 Å². The quantitative estimate of drug-likeness (QED) is 0.691. The third-order valence-electron chi connectivity index (χ3n) is 3.95. The van der Waals surface area contributed by atoms with Gasteiger partial charge in [-0.25, -0.2) is 0 Å². The monoisotopic (exact) mass is 309 g/mol. The second-order valence-electron chi connectivity index (χ2n) is 5.81. The van der Waals surface area contributed by atoms with E-state index in [1.807, 2.05) is 0 Å². The summed E-state index contributed by atoms with van der Waals surface area (Å²) in [5, 5.41) is 0. The minimum Gasteiger partial charge on any atom is -0.488 e. The van der Waals surface area contributed by atoms with Crippen molar-refractivity contribution in [2.75, 3.05) is 19.8 Å². The Kier molecular flexibility index (Phi) is 6.62. The van der Waals surface area contributed by atoms with Crippen LogP contribution in [-0.4, -0.2) is 30.4 Å². The number of esters is 1. The van der Waals surface area contributed by atoms with Gasteiger partial charge in [-0.15, -0.1) is 0 Å². The fraction of sp³-hybridized carbons (Fsp3) is 0.706. The zero-order valence-corrected chi connectivity index (χ0v) is 13.7. The minimum absolute atomic E-state index is 0.198. The average Bonchev–Trinajstić information content (AvgIpc) is 2.76. The molecule has 0 amide bonds. The lowest BCUT2D eigenvalue weighted by molar-refractivity contribution is -0.145. The van der Waals surface area contributed by atoms with E-state index in [2.05, 4.69) is 13.8 Å². The molecule has 2 rings (SSSR count). The van der Waals surface area contributed by atoms with Crippen molar-refractivity contribution in [2.45, 2.75) is 52.5 Å². The van der Waals surface area contributed by atoms with E-state index in [1.54, 1.807) is 17.0 Å². The lowest BCUT2D eigenvalue weighted by atomic mass is 10.0. The Labute approximate surface area is 132 Å². The molecule has 1 unspecified atom stereocenters. The Hall–Kier alpha value is -1.65. The van der Waals surface area contributed by atoms with Gasteiger partial charge in [-0.05, 0) is 12.3 Å². The van der Waals surface area contributed by atoms with Crippen LogP contribution < -0.4 is 9.47 Å². The molecule has 0 spiro atoms. The van der Waals surface area contributed by atoms with Crippen LogP contribution in [0.2, 0.25) is 0 Å². The van der Waals surface area contributed by atoms with Crippen LogP contribution in [0.4, 0.5) is 0 Å². The number of hydrogen-bond donors (Lipinski definition) is 0. The Morgan fingerprint density at radius 3 is 2.55 bits per heavy atom. The molecule has 1 aromatic heterocycles. The molecular weight excluding hydrogens is 282 g/mol. The summed E-state index contributed by atoms with van der Waals surface area (Å²) < 4.78 is 18.3. The van der Waals surface area contributed by atoms with E-state index in [9.17, 15) is 4.79 Å². The summed E-state index contributed by atoms with van der Waals surface area (Å²) in [7, 11) is 0. The van der Waals surface area contributed by atoms with E-state index in [0.29, 0.717) is 37.2 Å². The lowest BCUT2D eigenvalue weighted by Crippen LogP contribution is -2.17. The fourth-order valence-electron chi connectivity index (χ4n) is 2.50. The van der Waals surface area contributed by atoms with Gasteiger partial charge >= 0.3 is 5.97 Å². The van der Waals surface area contributed by atoms with Gasteiger partial charge in [0.1, 0.15) is 6.54 Å². The predicted octanol–water partition coefficient (Wildman–Crippen LogP) is 3.41. The predicted molar refractivity (Wildman–Crippen MR) is 84.3 cm³/mol. The van der Waals surface area contributed by atoms with E-state index in [1.165, 1.54) is 12.8 Å². The van der Waals surface area contributed by atoms with Crippen LogP contribution in [0.15, 0.2) is 12.4 Å². The second kappa shape index (κ2) is 8.71. The number of ether oxygens (including phenoxy) is 3. The van der Waals surface area contributed by atoms with Crippen molar-refractivity contribution in [1.82, 2.24) is 4.57 Å². The van der Waals surface area contributed by atoms with Crippen LogP contribution in [0.3, 0.4) is 0 Å². The van der Waals surface area contributed by atoms with E-state index in [-0.39, 0.29) is 12.5 Å². The van der Waals surface area contributed by atoms with Crippen molar-refractivity contribution in [1.29, 1.82) is 0 Å². The maximum absolute atomic E-state index is 12.0. The number of aromatic nitrogens is 1. The van der Waals surface area contributed by atoms with Gasteiger partial charge in [-0.1, -0.05) is 33.1 Å². The van der Waals surface area contributed by atoms with Crippen molar-refractivity contribution in [3.63, 3.8) is 0 Å². The molecule has 1 atom stereocenters. The first-order valence-corrected chi connectivity index (χ1v) is 8.34. The molecule has 0 aromatic carbocycles. The zero-order chi connectivity index (χ0) is 15.8. The highest BCUT2D eigenvalue weighted by molar-refractivity contribution is 5.69. The first-order chi connectivity index (χ1) is 10.7. The van der Waals surface area contributed by atoms with Gasteiger partial charge in [0.05, 0.1) is 32.2 Å². The van der Waals surface area contributed by atoms with Crippen LogP contribution in [0.5, 0.6) is 11.5 Å². The molecule has 0 bridgehead atoms. The highest BCUT2D eigenvalue weighted by atomic mass is 16.5. The highest BCUT2D eigenvalue weighted by Crippen LogP contribution is 2.30. The molecule has 5 nitrogen and oxygen atoms in total. The molecule has 22 heavy (non-hydrogen) atoms. The molecule has 0 saturated heterocycles. The molecule has 0 radical (unpaired) electrons. The number of rotatable bonds is 8. The molecule has 0 N–H and O–H groups in total. The summed E-state index contributed by atoms with van der Waals surface area (Å²) in [6, 6.07) is 0. The molecule has 0 saturated carbocycles. The Morgan fingerprint density at radius 1 is 1.27 bits per heavy atom. The maximum Gasteiger partial charge on any atom is 0.325 e. The standard InChI is InChI=1S/C17H27NO4/c1-3-5-7-14(4-2)13-22-17(19)12-18-10-15-16(11-18)21-9-6-8-20-15/h10-11,14H,3-9,12-13H2,1-2H3. The third kappa shape index (κ3) is 4.97. The largest absolute Gasteiger partial charge is 0.488 e. The summed E-state index contributed by atoms with van der Waals surface area (Å²) in [5.74, 6) is 1.68. The molecule has 5 heteroatoms. The van der Waals surface area contributed by atoms with Gasteiger partial charge in [-0.2, -0.15) is 0 Å². The third-order valence-corrected chi connectivity index (χ3v) is 3.95. The Morgan fingerprint density at radius 2 is 1.95 bits per heavy atom. The van der Waals surface area contributed by atoms with Crippen LogP contribution in [0.1, 0.15) is 46.0 Å². The van der Waals surface area contributed by atoms with Gasteiger partial charge in [0.15, 0.2) is 11.5 Å². The van der Waals surface area contributed by atoms with Crippen LogP contribution in [0, 0.1) is 5.92 Å². The van der Waals surface area contributed by atoms with Gasteiger partial charge in [-0.3, -0.25) is 4.79 Å². The zero-order valence-electron chi connectivity index (χ0n) is 13.7. The summed E-state index contributed by atoms with van der Waals surface area (Å²) in [6.07, 6.45) is 9.03. The Bertz CT molecular complexity index is 446. The van der Waals surface area contributed by atoms with Crippen molar-refractivity contribution < 1.29 is 19.0 Å². The molecule has 124 valence electrons. The summed E-state index contributed by atoms with van der Waals surface area (Å²) in [4.78, 5) is 12.0. The molecule has 2 heterocycles. The van der Waals surface area contributed by atoms with E-state index >= 15 is 0 Å². The highest BCUT2D eigenvalue weighted by Gasteiger charge is 2.15. The molecule has 0 fully saturated rings. The van der Waals surface area contributed by atoms with E-state index in [4.69, 9.17) is 14.2 Å². The minimum atomic E-state index is -0.208. The lowest BCUT2D eigenvalue weighted by Gasteiger charge is -2.14.